The van der Waals surface area contributed by atoms with Crippen molar-refractivity contribution in [1.29, 1.82) is 0 Å². The molecule has 1 heterocycles. The van der Waals surface area contributed by atoms with Gasteiger partial charge in [0, 0.05) is 19.3 Å². The van der Waals surface area contributed by atoms with E-state index in [1.165, 1.54) is 18.5 Å². The third-order valence-corrected chi connectivity index (χ3v) is 1.72. The number of rotatable bonds is 0. The first-order valence-corrected chi connectivity index (χ1v) is 3.46. The Morgan fingerprint density at radius 3 is 3.11 bits per heavy atom. The van der Waals surface area contributed by atoms with Crippen LogP contribution in [0.1, 0.15) is 19.3 Å². The van der Waals surface area contributed by atoms with Crippen LogP contribution < -0.4 is 5.43 Å². The Hall–Kier alpha value is -0.500. The number of nitrogens with zero attached hydrogens (tertiary/aromatic N) is 1. The lowest BCUT2D eigenvalue weighted by molar-refractivity contribution is 0.310. The van der Waals surface area contributed by atoms with Crippen molar-refractivity contribution < 1.29 is 0 Å². The van der Waals surface area contributed by atoms with Crippen LogP contribution in [0.15, 0.2) is 12.3 Å². The third kappa shape index (κ3) is 1.72. The number of hydrogen-bond acceptors (Lipinski definition) is 2. The van der Waals surface area contributed by atoms with Crippen molar-refractivity contribution in [1.82, 2.24) is 10.4 Å². The lowest BCUT2D eigenvalue weighted by Crippen LogP contribution is -2.31. The van der Waals surface area contributed by atoms with E-state index < -0.39 is 0 Å². The highest BCUT2D eigenvalue weighted by Crippen LogP contribution is 2.09. The second-order valence-electron chi connectivity index (χ2n) is 2.49. The Kier molecular flexibility index (Phi) is 2.11. The summed E-state index contributed by atoms with van der Waals surface area (Å²) in [6.07, 6.45) is 3.68. The molecule has 1 aliphatic rings. The van der Waals surface area contributed by atoms with Gasteiger partial charge in [0.15, 0.2) is 0 Å². The van der Waals surface area contributed by atoms with Gasteiger partial charge in [-0.15, -0.1) is 0 Å². The molecule has 1 rings (SSSR count). The maximum atomic E-state index is 3.92. The van der Waals surface area contributed by atoms with Gasteiger partial charge in [-0.3, -0.25) is 0 Å². The van der Waals surface area contributed by atoms with Crippen LogP contribution >= 0.6 is 0 Å². The van der Waals surface area contributed by atoms with E-state index in [-0.39, 0.29) is 0 Å². The van der Waals surface area contributed by atoms with Gasteiger partial charge in [0.25, 0.3) is 0 Å². The molecule has 0 radical (unpaired) electrons. The van der Waals surface area contributed by atoms with E-state index in [2.05, 4.69) is 12.0 Å². The highest BCUT2D eigenvalue weighted by atomic mass is 15.5. The van der Waals surface area contributed by atoms with Crippen LogP contribution in [0, 0.1) is 0 Å². The SMILES string of the molecule is C=C1CCCCNN1C. The zero-order valence-electron chi connectivity index (χ0n) is 5.98. The van der Waals surface area contributed by atoms with Crippen molar-refractivity contribution >= 4 is 0 Å². The maximum absolute atomic E-state index is 3.92. The fourth-order valence-corrected chi connectivity index (χ4v) is 0.980. The Balaban J connectivity index is 2.41. The fourth-order valence-electron chi connectivity index (χ4n) is 0.980. The van der Waals surface area contributed by atoms with Crippen LogP contribution in [0.4, 0.5) is 0 Å². The minimum Gasteiger partial charge on any atom is -0.316 e. The maximum Gasteiger partial charge on any atom is 0.0228 e. The monoisotopic (exact) mass is 126 g/mol. The molecule has 1 N–H and O–H groups in total. The molecular weight excluding hydrogens is 112 g/mol. The van der Waals surface area contributed by atoms with Crippen LogP contribution in [-0.4, -0.2) is 18.6 Å². The quantitative estimate of drug-likeness (QED) is 0.523. The minimum absolute atomic E-state index is 1.09. The van der Waals surface area contributed by atoms with Crippen molar-refractivity contribution in [2.75, 3.05) is 13.6 Å². The van der Waals surface area contributed by atoms with Gasteiger partial charge >= 0.3 is 0 Å². The van der Waals surface area contributed by atoms with Crippen LogP contribution in [-0.2, 0) is 0 Å². The number of hydrazine groups is 1. The second kappa shape index (κ2) is 2.87. The topological polar surface area (TPSA) is 15.3 Å². The molecule has 1 fully saturated rings. The van der Waals surface area contributed by atoms with Crippen LogP contribution in [0.25, 0.3) is 0 Å². The molecule has 2 heteroatoms. The number of allylic oxidation sites excluding steroid dienone is 1. The summed E-state index contributed by atoms with van der Waals surface area (Å²) in [6.45, 7) is 5.01. The van der Waals surface area contributed by atoms with E-state index in [1.54, 1.807) is 0 Å². The molecule has 0 amide bonds. The van der Waals surface area contributed by atoms with Gasteiger partial charge in [-0.2, -0.15) is 0 Å². The largest absolute Gasteiger partial charge is 0.316 e. The first kappa shape index (κ1) is 6.62. The fraction of sp³-hybridized carbons (Fsp3) is 0.714. The highest BCUT2D eigenvalue weighted by molar-refractivity contribution is 4.91. The van der Waals surface area contributed by atoms with E-state index >= 15 is 0 Å². The molecule has 1 saturated heterocycles. The average molecular weight is 126 g/mol. The first-order chi connectivity index (χ1) is 4.30. The lowest BCUT2D eigenvalue weighted by atomic mass is 10.2. The van der Waals surface area contributed by atoms with Crippen molar-refractivity contribution in [3.8, 4) is 0 Å². The summed E-state index contributed by atoms with van der Waals surface area (Å²) in [6, 6.07) is 0. The van der Waals surface area contributed by atoms with Crippen LogP contribution in [0.2, 0.25) is 0 Å². The van der Waals surface area contributed by atoms with E-state index in [0.717, 1.165) is 13.0 Å². The van der Waals surface area contributed by atoms with Gasteiger partial charge in [-0.25, -0.2) is 5.43 Å². The molecule has 52 valence electrons. The van der Waals surface area contributed by atoms with Crippen LogP contribution in [0.5, 0.6) is 0 Å². The standard InChI is InChI=1S/C7H14N2/c1-7-5-3-4-6-8-9(7)2/h8H,1,3-6H2,2H3. The van der Waals surface area contributed by atoms with Gasteiger partial charge in [0.1, 0.15) is 0 Å². The highest BCUT2D eigenvalue weighted by Gasteiger charge is 2.04. The van der Waals surface area contributed by atoms with Gasteiger partial charge in [-0.05, 0) is 19.3 Å². The molecule has 0 saturated carbocycles. The molecule has 0 aromatic rings. The van der Waals surface area contributed by atoms with Crippen LogP contribution in [0.3, 0.4) is 0 Å². The van der Waals surface area contributed by atoms with Gasteiger partial charge < -0.3 is 5.01 Å². The summed E-state index contributed by atoms with van der Waals surface area (Å²) in [5, 5.41) is 2.02. The molecule has 0 aromatic heterocycles. The number of hydrogen-bond donors (Lipinski definition) is 1. The molecule has 0 aliphatic carbocycles. The molecule has 0 aromatic carbocycles. The molecule has 1 aliphatic heterocycles. The van der Waals surface area contributed by atoms with Gasteiger partial charge in [0.2, 0.25) is 0 Å². The molecule has 0 unspecified atom stereocenters. The Labute approximate surface area is 56.5 Å². The zero-order chi connectivity index (χ0) is 6.69. The molecule has 0 spiro atoms. The molecule has 9 heavy (non-hydrogen) atoms. The summed E-state index contributed by atoms with van der Waals surface area (Å²) in [5.74, 6) is 0. The Bertz CT molecular complexity index is 109. The molecule has 0 atom stereocenters. The van der Waals surface area contributed by atoms with Gasteiger partial charge in [-0.1, -0.05) is 6.58 Å². The summed E-state index contributed by atoms with van der Waals surface area (Å²) in [4.78, 5) is 0. The number of nitrogens with one attached hydrogen (secondary N) is 1. The average Bonchev–Trinajstić information content (AvgIpc) is 1.99. The van der Waals surface area contributed by atoms with Crippen molar-refractivity contribution in [2.45, 2.75) is 19.3 Å². The molecular formula is C7H14N2. The second-order valence-corrected chi connectivity index (χ2v) is 2.49. The molecule has 0 bridgehead atoms. The predicted octanol–water partition coefficient (Wildman–Crippen LogP) is 1.12. The van der Waals surface area contributed by atoms with E-state index in [0.29, 0.717) is 0 Å². The minimum atomic E-state index is 1.09. The summed E-state index contributed by atoms with van der Waals surface area (Å²) < 4.78 is 0. The summed E-state index contributed by atoms with van der Waals surface area (Å²) in [5.41, 5.74) is 4.43. The normalized spacial score (nSPS) is 21.9. The first-order valence-electron chi connectivity index (χ1n) is 3.46. The summed E-state index contributed by atoms with van der Waals surface area (Å²) in [7, 11) is 2.02. The van der Waals surface area contributed by atoms with E-state index in [9.17, 15) is 0 Å². The van der Waals surface area contributed by atoms with Crippen molar-refractivity contribution in [3.63, 3.8) is 0 Å². The smallest absolute Gasteiger partial charge is 0.0228 e. The van der Waals surface area contributed by atoms with E-state index in [4.69, 9.17) is 0 Å². The van der Waals surface area contributed by atoms with Crippen molar-refractivity contribution in [2.24, 2.45) is 0 Å². The van der Waals surface area contributed by atoms with Crippen molar-refractivity contribution in [3.05, 3.63) is 12.3 Å². The lowest BCUT2D eigenvalue weighted by Gasteiger charge is -2.18. The predicted molar refractivity (Wildman–Crippen MR) is 38.8 cm³/mol. The Morgan fingerprint density at radius 2 is 2.33 bits per heavy atom. The molecule has 2 nitrogen and oxygen atoms in total. The van der Waals surface area contributed by atoms with E-state index in [1.807, 2.05) is 12.1 Å². The Morgan fingerprint density at radius 1 is 1.56 bits per heavy atom. The van der Waals surface area contributed by atoms with Gasteiger partial charge in [0.05, 0.1) is 0 Å². The third-order valence-electron chi connectivity index (χ3n) is 1.72. The zero-order valence-corrected chi connectivity index (χ0v) is 5.98. The summed E-state index contributed by atoms with van der Waals surface area (Å²) >= 11 is 0.